The Balaban J connectivity index is 0. The number of carbonyl (C=O) groups is 7. The lowest BCUT2D eigenvalue weighted by Gasteiger charge is -2.13. The van der Waals surface area contributed by atoms with E-state index in [9.17, 15) is 33.6 Å². The highest BCUT2D eigenvalue weighted by Crippen LogP contribution is 2.17. The minimum Gasteiger partial charge on any atom is -0.481 e. The molecule has 0 heterocycles. The molecule has 17 nitrogen and oxygen atoms in total. The SMILES string of the molecule is CCC[C@H](CC(=O)CCCCCCCCCCCCCCCCC(=O)O)C(=O)O.CN[C@@H](CCCCNC(=O)COCCOCCCC(=O)COCCOCCNC(C)=O)C(=O)CO. The molecule has 0 saturated carbocycles. The molecule has 0 spiro atoms. The number of amides is 2. The van der Waals surface area contributed by atoms with Gasteiger partial charge >= 0.3 is 11.9 Å². The first-order chi connectivity index (χ1) is 30.9. The van der Waals surface area contributed by atoms with Gasteiger partial charge in [-0.25, -0.2) is 0 Å². The van der Waals surface area contributed by atoms with Crippen molar-refractivity contribution in [3.63, 3.8) is 0 Å². The second-order valence-corrected chi connectivity index (χ2v) is 16.2. The Kier molecular flexibility index (Phi) is 46.7. The van der Waals surface area contributed by atoms with Crippen molar-refractivity contribution in [2.24, 2.45) is 5.92 Å². The number of hydrogen-bond acceptors (Lipinski definition) is 13. The molecule has 0 aliphatic rings. The minimum absolute atomic E-state index is 0.0127. The lowest BCUT2D eigenvalue weighted by Crippen LogP contribution is -2.36. The molecule has 0 aromatic carbocycles. The molecule has 6 N–H and O–H groups in total. The van der Waals surface area contributed by atoms with Crippen LogP contribution < -0.4 is 16.0 Å². The smallest absolute Gasteiger partial charge is 0.306 e. The summed E-state index contributed by atoms with van der Waals surface area (Å²) in [7, 11) is 1.68. The third-order valence-electron chi connectivity index (χ3n) is 10.3. The molecule has 0 bridgehead atoms. The lowest BCUT2D eigenvalue weighted by atomic mass is 9.95. The summed E-state index contributed by atoms with van der Waals surface area (Å²) >= 11 is 0. The number of likely N-dealkylation sites (N-methyl/N-ethyl adjacent to an activating group) is 1. The molecule has 0 rings (SSSR count). The molecule has 0 radical (unpaired) electrons. The number of ketones is 3. The maximum Gasteiger partial charge on any atom is 0.306 e. The van der Waals surface area contributed by atoms with E-state index in [2.05, 4.69) is 16.0 Å². The number of aliphatic carboxylic acids is 2. The summed E-state index contributed by atoms with van der Waals surface area (Å²) in [6.45, 7) is 5.93. The van der Waals surface area contributed by atoms with E-state index in [0.717, 1.165) is 51.4 Å². The highest BCUT2D eigenvalue weighted by atomic mass is 16.5. The standard InChI is InChI=1S/C24H44O5.C23H43N3O9/c1-2-17-21(24(28)29)20-22(25)18-15-13-11-9-7-5-3-4-6-8-10-12-14-16-19-23(26)27;1-19(28)25-9-11-33-13-14-34-17-20(29)6-5-10-32-12-15-35-18-23(31)26-8-4-3-7-21(24-2)22(30)16-27/h21H,2-20H2,1H3,(H,26,27)(H,28,29);21,24,27H,3-18H2,1-2H3,(H,25,28)(H,26,31)/t2*21-/m10/s1. The first kappa shape index (κ1) is 62.7. The van der Waals surface area contributed by atoms with Gasteiger partial charge in [0.2, 0.25) is 11.8 Å². The predicted octanol–water partition coefficient (Wildman–Crippen LogP) is 5.75. The van der Waals surface area contributed by atoms with Gasteiger partial charge in [-0.1, -0.05) is 90.4 Å². The van der Waals surface area contributed by atoms with Crippen LogP contribution in [0.1, 0.15) is 168 Å². The van der Waals surface area contributed by atoms with Gasteiger partial charge in [-0.2, -0.15) is 0 Å². The zero-order chi connectivity index (χ0) is 47.9. The van der Waals surface area contributed by atoms with Crippen LogP contribution in [0.15, 0.2) is 0 Å². The fourth-order valence-electron chi connectivity index (χ4n) is 6.62. The van der Waals surface area contributed by atoms with Crippen molar-refractivity contribution < 1.29 is 67.8 Å². The van der Waals surface area contributed by atoms with Crippen LogP contribution in [0, 0.1) is 5.92 Å². The van der Waals surface area contributed by atoms with Crippen LogP contribution in [-0.4, -0.2) is 142 Å². The van der Waals surface area contributed by atoms with Crippen molar-refractivity contribution in [3.05, 3.63) is 0 Å². The molecule has 0 aliphatic carbocycles. The van der Waals surface area contributed by atoms with Crippen LogP contribution in [0.5, 0.6) is 0 Å². The fraction of sp³-hybridized carbons (Fsp3) is 0.851. The minimum atomic E-state index is -0.837. The van der Waals surface area contributed by atoms with E-state index in [1.165, 1.54) is 64.7 Å². The normalized spacial score (nSPS) is 11.9. The van der Waals surface area contributed by atoms with Gasteiger partial charge in [-0.05, 0) is 52.0 Å². The zero-order valence-corrected chi connectivity index (χ0v) is 39.7. The van der Waals surface area contributed by atoms with Crippen LogP contribution in [-0.2, 0) is 52.5 Å². The van der Waals surface area contributed by atoms with E-state index in [0.29, 0.717) is 84.6 Å². The molecule has 0 aliphatic heterocycles. The molecule has 64 heavy (non-hydrogen) atoms. The monoisotopic (exact) mass is 918 g/mol. The Hall–Kier alpha value is -3.35. The average Bonchev–Trinajstić information content (AvgIpc) is 3.26. The molecule has 0 unspecified atom stereocenters. The zero-order valence-electron chi connectivity index (χ0n) is 39.7. The van der Waals surface area contributed by atoms with E-state index in [4.69, 9.17) is 34.3 Å². The number of carboxylic acid groups (broad SMARTS) is 2. The largest absolute Gasteiger partial charge is 0.481 e. The molecule has 2 atom stereocenters. The number of Topliss-reactive ketones (excluding diaryl/α,β-unsaturated/α-hetero) is 3. The summed E-state index contributed by atoms with van der Waals surface area (Å²) in [6, 6.07) is -0.357. The van der Waals surface area contributed by atoms with Crippen molar-refractivity contribution >= 4 is 41.1 Å². The van der Waals surface area contributed by atoms with E-state index in [1.807, 2.05) is 6.92 Å². The van der Waals surface area contributed by atoms with Crippen molar-refractivity contribution in [3.8, 4) is 0 Å². The first-order valence-corrected chi connectivity index (χ1v) is 24.0. The number of rotatable bonds is 47. The molecule has 0 aromatic heterocycles. The summed E-state index contributed by atoms with van der Waals surface area (Å²) < 4.78 is 21.1. The molecule has 374 valence electrons. The Bertz CT molecular complexity index is 1210. The van der Waals surface area contributed by atoms with Gasteiger partial charge < -0.3 is 50.2 Å². The van der Waals surface area contributed by atoms with Crippen molar-refractivity contribution in [1.82, 2.24) is 16.0 Å². The molecule has 0 fully saturated rings. The summed E-state index contributed by atoms with van der Waals surface area (Å²) in [4.78, 5) is 78.9. The maximum atomic E-state index is 11.9. The van der Waals surface area contributed by atoms with E-state index >= 15 is 0 Å². The molecular formula is C47H87N3O14. The van der Waals surface area contributed by atoms with Crippen molar-refractivity contribution in [2.75, 3.05) is 79.6 Å². The number of ether oxygens (including phenoxy) is 4. The number of unbranched alkanes of at least 4 members (excludes halogenated alkanes) is 14. The Morgan fingerprint density at radius 2 is 1.05 bits per heavy atom. The first-order valence-electron chi connectivity index (χ1n) is 24.0. The second kappa shape index (κ2) is 47.6. The molecule has 0 saturated heterocycles. The molecular weight excluding hydrogens is 831 g/mol. The maximum absolute atomic E-state index is 11.9. The molecule has 2 amide bonds. The summed E-state index contributed by atoms with van der Waals surface area (Å²) in [5, 5.41) is 34.8. The van der Waals surface area contributed by atoms with E-state index in [-0.39, 0.29) is 61.4 Å². The van der Waals surface area contributed by atoms with Crippen LogP contribution in [0.3, 0.4) is 0 Å². The Labute approximate surface area is 383 Å². The number of hydrogen-bond donors (Lipinski definition) is 6. The van der Waals surface area contributed by atoms with Crippen molar-refractivity contribution in [2.45, 2.75) is 174 Å². The average molecular weight is 918 g/mol. The van der Waals surface area contributed by atoms with E-state index < -0.39 is 24.5 Å². The van der Waals surface area contributed by atoms with Gasteiger partial charge in [-0.15, -0.1) is 0 Å². The second-order valence-electron chi connectivity index (χ2n) is 16.2. The van der Waals surface area contributed by atoms with Gasteiger partial charge in [0.1, 0.15) is 25.6 Å². The predicted molar refractivity (Wildman–Crippen MR) is 245 cm³/mol. The highest BCUT2D eigenvalue weighted by Gasteiger charge is 2.20. The quantitative estimate of drug-likeness (QED) is 0.0398. The van der Waals surface area contributed by atoms with Gasteiger partial charge in [-0.3, -0.25) is 33.6 Å². The summed E-state index contributed by atoms with van der Waals surface area (Å²) in [5.41, 5.74) is 0. The summed E-state index contributed by atoms with van der Waals surface area (Å²) in [6.07, 6.45) is 21.7. The topological polar surface area (TPSA) is 253 Å². The third kappa shape index (κ3) is 46.6. The summed E-state index contributed by atoms with van der Waals surface area (Å²) in [5.74, 6) is -2.48. The highest BCUT2D eigenvalue weighted by molar-refractivity contribution is 5.85. The number of nitrogens with one attached hydrogen (secondary N) is 3. The third-order valence-corrected chi connectivity index (χ3v) is 10.3. The van der Waals surface area contributed by atoms with Crippen molar-refractivity contribution in [1.29, 1.82) is 0 Å². The van der Waals surface area contributed by atoms with Gasteiger partial charge in [0.05, 0.1) is 45.0 Å². The molecule has 0 aromatic rings. The van der Waals surface area contributed by atoms with Gasteiger partial charge in [0, 0.05) is 52.3 Å². The van der Waals surface area contributed by atoms with Gasteiger partial charge in [0.25, 0.3) is 0 Å². The van der Waals surface area contributed by atoms with Crippen LogP contribution >= 0.6 is 0 Å². The molecule has 17 heteroatoms. The van der Waals surface area contributed by atoms with Crippen LogP contribution in [0.25, 0.3) is 0 Å². The van der Waals surface area contributed by atoms with E-state index in [1.54, 1.807) is 7.05 Å². The Morgan fingerprint density at radius 1 is 0.531 bits per heavy atom. The number of carbonyl (C=O) groups excluding carboxylic acids is 5. The number of aliphatic hydroxyl groups excluding tert-OH is 1. The van der Waals surface area contributed by atoms with Crippen LogP contribution in [0.4, 0.5) is 0 Å². The lowest BCUT2D eigenvalue weighted by molar-refractivity contribution is -0.144. The fourth-order valence-corrected chi connectivity index (χ4v) is 6.62. The van der Waals surface area contributed by atoms with Crippen LogP contribution in [0.2, 0.25) is 0 Å². The Morgan fingerprint density at radius 3 is 1.56 bits per heavy atom. The number of carboxylic acids is 2. The number of aliphatic hydroxyl groups is 1. The van der Waals surface area contributed by atoms with Gasteiger partial charge in [0.15, 0.2) is 11.6 Å².